The molecule has 0 N–H and O–H groups in total. The van der Waals surface area contributed by atoms with E-state index in [0.717, 1.165) is 18.4 Å². The molecular weight excluding hydrogens is 445 g/mol. The number of aryl methyl sites for hydroxylation is 1. The van der Waals surface area contributed by atoms with Crippen LogP contribution < -0.4 is 5.69 Å². The molecule has 0 amide bonds. The number of hydrogen-bond acceptors (Lipinski definition) is 4. The van der Waals surface area contributed by atoms with Crippen molar-refractivity contribution in [1.82, 2.24) is 8.54 Å². The summed E-state index contributed by atoms with van der Waals surface area (Å²) in [7, 11) is -4.41. The molecule has 0 bridgehead atoms. The molecule has 1 aliphatic rings. The van der Waals surface area contributed by atoms with Crippen molar-refractivity contribution < 1.29 is 26.0 Å². The van der Waals surface area contributed by atoms with E-state index in [1.807, 2.05) is 0 Å². The summed E-state index contributed by atoms with van der Waals surface area (Å²) in [5.41, 5.74) is -2.61. The Hall–Kier alpha value is -3.27. The first-order valence-electron chi connectivity index (χ1n) is 9.79. The molecular formula is C22H17F3N2O4S. The number of halogens is 3. The van der Waals surface area contributed by atoms with Gasteiger partial charge in [-0.3, -0.25) is 4.57 Å². The van der Waals surface area contributed by atoms with E-state index in [0.29, 0.717) is 14.1 Å². The Balaban J connectivity index is 2.02. The van der Waals surface area contributed by atoms with Gasteiger partial charge in [0.25, 0.3) is 0 Å². The van der Waals surface area contributed by atoms with Gasteiger partial charge >= 0.3 is 5.69 Å². The summed E-state index contributed by atoms with van der Waals surface area (Å²) in [6.45, 7) is 5.20. The molecule has 0 spiro atoms. The standard InChI is InChI=1S/C22H17F3N2O4S/c1-3-7-22(8-9-22)32(29,30)27-19-18(17(25)16(24)13-6-10-31-20(13)19)26(21(27)28)15-5-4-12(2)11-14(15)23/h3-6,10-11H,1,7-9H2,2H3. The number of benzene rings is 2. The Bertz CT molecular complexity index is 1610. The minimum Gasteiger partial charge on any atom is -0.462 e. The smallest absolute Gasteiger partial charge is 0.348 e. The lowest BCUT2D eigenvalue weighted by molar-refractivity contribution is 0.520. The third-order valence-corrected chi connectivity index (χ3v) is 8.48. The predicted molar refractivity (Wildman–Crippen MR) is 113 cm³/mol. The minimum absolute atomic E-state index is 0.0678. The SMILES string of the molecule is C=CCC1(S(=O)(=O)n2c(=O)n(-c3ccc(C)cc3F)c3c(F)c(F)c4ccoc4c32)CC1. The second kappa shape index (κ2) is 6.61. The molecule has 1 aliphatic carbocycles. The summed E-state index contributed by atoms with van der Waals surface area (Å²) < 4.78 is 77.2. The highest BCUT2D eigenvalue weighted by molar-refractivity contribution is 7.91. The minimum atomic E-state index is -4.41. The van der Waals surface area contributed by atoms with Gasteiger partial charge in [-0.05, 0) is 49.9 Å². The van der Waals surface area contributed by atoms with Gasteiger partial charge in [-0.25, -0.2) is 26.4 Å². The summed E-state index contributed by atoms with van der Waals surface area (Å²) in [5.74, 6) is -3.70. The second-order valence-electron chi connectivity index (χ2n) is 8.01. The fourth-order valence-corrected chi connectivity index (χ4v) is 6.21. The van der Waals surface area contributed by atoms with Crippen LogP contribution in [0.4, 0.5) is 13.2 Å². The van der Waals surface area contributed by atoms with E-state index in [4.69, 9.17) is 4.42 Å². The van der Waals surface area contributed by atoms with Crippen LogP contribution in [0.25, 0.3) is 27.7 Å². The van der Waals surface area contributed by atoms with Gasteiger partial charge in [0.05, 0.1) is 22.1 Å². The third kappa shape index (κ3) is 2.52. The van der Waals surface area contributed by atoms with Crippen molar-refractivity contribution in [1.29, 1.82) is 0 Å². The van der Waals surface area contributed by atoms with Gasteiger partial charge in [0.1, 0.15) is 16.9 Å². The molecule has 0 atom stereocenters. The molecule has 166 valence electrons. The van der Waals surface area contributed by atoms with Gasteiger partial charge in [0.15, 0.2) is 17.2 Å². The number of fused-ring (bicyclic) bond motifs is 3. The van der Waals surface area contributed by atoms with Crippen molar-refractivity contribution in [2.45, 2.75) is 30.9 Å². The van der Waals surface area contributed by atoms with E-state index in [1.54, 1.807) is 6.92 Å². The van der Waals surface area contributed by atoms with E-state index < -0.39 is 54.6 Å². The van der Waals surface area contributed by atoms with Crippen LogP contribution in [0.5, 0.6) is 0 Å². The number of nitrogens with zero attached hydrogens (tertiary/aromatic N) is 2. The number of imidazole rings is 1. The van der Waals surface area contributed by atoms with Crippen LogP contribution in [0.1, 0.15) is 24.8 Å². The topological polar surface area (TPSA) is 74.2 Å². The van der Waals surface area contributed by atoms with Crippen LogP contribution in [-0.2, 0) is 10.0 Å². The van der Waals surface area contributed by atoms with Crippen molar-refractivity contribution in [3.63, 3.8) is 0 Å². The third-order valence-electron chi connectivity index (χ3n) is 5.99. The molecule has 2 aromatic carbocycles. The largest absolute Gasteiger partial charge is 0.462 e. The molecule has 10 heteroatoms. The molecule has 6 nitrogen and oxygen atoms in total. The van der Waals surface area contributed by atoms with E-state index in [2.05, 4.69) is 6.58 Å². The number of furan rings is 1. The van der Waals surface area contributed by atoms with Crippen molar-refractivity contribution in [3.8, 4) is 5.69 Å². The first-order valence-corrected chi connectivity index (χ1v) is 11.2. The van der Waals surface area contributed by atoms with Crippen LogP contribution >= 0.6 is 0 Å². The van der Waals surface area contributed by atoms with Gasteiger partial charge < -0.3 is 4.42 Å². The fourth-order valence-electron chi connectivity index (χ4n) is 4.18. The number of aromatic nitrogens is 2. The Morgan fingerprint density at radius 3 is 2.50 bits per heavy atom. The second-order valence-corrected chi connectivity index (χ2v) is 10.2. The van der Waals surface area contributed by atoms with Crippen molar-refractivity contribution in [3.05, 3.63) is 76.7 Å². The van der Waals surface area contributed by atoms with E-state index in [9.17, 15) is 22.0 Å². The van der Waals surface area contributed by atoms with Crippen LogP contribution in [0.3, 0.4) is 0 Å². The number of hydrogen-bond donors (Lipinski definition) is 0. The van der Waals surface area contributed by atoms with E-state index >= 15 is 4.39 Å². The quantitative estimate of drug-likeness (QED) is 0.408. The first-order chi connectivity index (χ1) is 15.1. The highest BCUT2D eigenvalue weighted by Crippen LogP contribution is 2.48. The fraction of sp³-hybridized carbons (Fsp3) is 0.227. The monoisotopic (exact) mass is 462 g/mol. The maximum absolute atomic E-state index is 15.3. The molecule has 0 unspecified atom stereocenters. The summed E-state index contributed by atoms with van der Waals surface area (Å²) in [6, 6.07) is 4.93. The Kier molecular flexibility index (Phi) is 4.26. The predicted octanol–water partition coefficient (Wildman–Crippen LogP) is 4.55. The first kappa shape index (κ1) is 20.6. The molecule has 0 aliphatic heterocycles. The summed E-state index contributed by atoms with van der Waals surface area (Å²) in [6.07, 6.45) is 3.10. The highest BCUT2D eigenvalue weighted by Gasteiger charge is 2.56. The van der Waals surface area contributed by atoms with Crippen molar-refractivity contribution in [2.24, 2.45) is 0 Å². The molecule has 0 radical (unpaired) electrons. The zero-order chi connectivity index (χ0) is 23.0. The summed E-state index contributed by atoms with van der Waals surface area (Å²) in [4.78, 5) is 13.5. The summed E-state index contributed by atoms with van der Waals surface area (Å²) >= 11 is 0. The maximum atomic E-state index is 15.3. The van der Waals surface area contributed by atoms with Crippen LogP contribution in [0.2, 0.25) is 0 Å². The lowest BCUT2D eigenvalue weighted by atomic mass is 10.2. The molecule has 32 heavy (non-hydrogen) atoms. The Morgan fingerprint density at radius 2 is 1.88 bits per heavy atom. The molecule has 0 saturated heterocycles. The lowest BCUT2D eigenvalue weighted by Crippen LogP contribution is -2.37. The van der Waals surface area contributed by atoms with Crippen LogP contribution in [0, 0.1) is 24.4 Å². The molecule has 1 saturated carbocycles. The number of allylic oxidation sites excluding steroid dienone is 1. The van der Waals surface area contributed by atoms with Gasteiger partial charge in [-0.15, -0.1) is 6.58 Å². The van der Waals surface area contributed by atoms with Gasteiger partial charge in [-0.1, -0.05) is 12.1 Å². The van der Waals surface area contributed by atoms with E-state index in [1.165, 1.54) is 18.2 Å². The zero-order valence-corrected chi connectivity index (χ0v) is 17.7. The van der Waals surface area contributed by atoms with Gasteiger partial charge in [-0.2, -0.15) is 3.97 Å². The molecule has 2 aromatic heterocycles. The average molecular weight is 462 g/mol. The van der Waals surface area contributed by atoms with Crippen LogP contribution in [-0.4, -0.2) is 21.7 Å². The Morgan fingerprint density at radius 1 is 1.16 bits per heavy atom. The average Bonchev–Trinajstić information content (AvgIpc) is 3.25. The van der Waals surface area contributed by atoms with E-state index in [-0.39, 0.29) is 30.2 Å². The molecule has 4 aromatic rings. The molecule has 5 rings (SSSR count). The van der Waals surface area contributed by atoms with Crippen LogP contribution in [0.15, 0.2) is 52.4 Å². The zero-order valence-electron chi connectivity index (χ0n) is 16.9. The normalized spacial score (nSPS) is 15.5. The summed E-state index contributed by atoms with van der Waals surface area (Å²) in [5, 5.41) is -0.325. The molecule has 2 heterocycles. The highest BCUT2D eigenvalue weighted by atomic mass is 32.2. The van der Waals surface area contributed by atoms with Gasteiger partial charge in [0, 0.05) is 0 Å². The maximum Gasteiger partial charge on any atom is 0.348 e. The lowest BCUT2D eigenvalue weighted by Gasteiger charge is -2.15. The molecule has 1 fully saturated rings. The van der Waals surface area contributed by atoms with Gasteiger partial charge in [0.2, 0.25) is 10.0 Å². The van der Waals surface area contributed by atoms with Crippen molar-refractivity contribution in [2.75, 3.05) is 0 Å². The number of rotatable bonds is 5. The Labute approximate surface area is 180 Å². The van der Waals surface area contributed by atoms with Crippen molar-refractivity contribution >= 4 is 32.0 Å².